The average molecular weight is 524 g/mol. The highest BCUT2D eigenvalue weighted by molar-refractivity contribution is 7.99. The molecule has 0 radical (unpaired) electrons. The molecule has 0 saturated carbocycles. The van der Waals surface area contributed by atoms with Crippen LogP contribution in [-0.4, -0.2) is 57.6 Å². The second-order valence-electron chi connectivity index (χ2n) is 10.1. The van der Waals surface area contributed by atoms with Gasteiger partial charge in [0.1, 0.15) is 10.8 Å². The van der Waals surface area contributed by atoms with Gasteiger partial charge in [-0.15, -0.1) is 10.2 Å². The van der Waals surface area contributed by atoms with Crippen molar-refractivity contribution in [2.75, 3.05) is 36.0 Å². The second kappa shape index (κ2) is 9.78. The quantitative estimate of drug-likeness (QED) is 0.527. The molecule has 10 heteroatoms. The molecular weight excluding hydrogens is 494 g/mol. The summed E-state index contributed by atoms with van der Waals surface area (Å²) in [5, 5.41) is 20.0. The molecule has 2 fully saturated rings. The number of aliphatic hydroxyl groups excluding tert-OH is 1. The van der Waals surface area contributed by atoms with Crippen molar-refractivity contribution in [1.82, 2.24) is 20.2 Å². The number of fused-ring (bicyclic) bond motifs is 1. The van der Waals surface area contributed by atoms with E-state index in [0.717, 1.165) is 69.0 Å². The normalized spacial score (nSPS) is 21.7. The number of pyridine rings is 1. The van der Waals surface area contributed by atoms with Crippen molar-refractivity contribution in [3.63, 3.8) is 0 Å². The summed E-state index contributed by atoms with van der Waals surface area (Å²) in [5.41, 5.74) is 9.55. The minimum absolute atomic E-state index is 0.0960. The molecule has 3 aliphatic rings. The predicted molar refractivity (Wildman–Crippen MR) is 142 cm³/mol. The minimum Gasteiger partial charge on any atom is -0.393 e. The Kier molecular flexibility index (Phi) is 6.49. The molecule has 2 aliphatic heterocycles. The molecule has 0 unspecified atom stereocenters. The number of nitrogens with zero attached hydrogens (tertiary/aromatic N) is 6. The van der Waals surface area contributed by atoms with E-state index in [4.69, 9.17) is 17.3 Å². The van der Waals surface area contributed by atoms with E-state index in [1.807, 2.05) is 6.07 Å². The van der Waals surface area contributed by atoms with Gasteiger partial charge in [-0.2, -0.15) is 0 Å². The van der Waals surface area contributed by atoms with Crippen molar-refractivity contribution < 1.29 is 5.11 Å². The van der Waals surface area contributed by atoms with Gasteiger partial charge in [-0.3, -0.25) is 0 Å². The van der Waals surface area contributed by atoms with Crippen LogP contribution < -0.4 is 15.5 Å². The molecule has 0 amide bonds. The monoisotopic (exact) mass is 523 g/mol. The van der Waals surface area contributed by atoms with E-state index in [2.05, 4.69) is 54.2 Å². The van der Waals surface area contributed by atoms with E-state index in [1.54, 1.807) is 12.4 Å². The Labute approximate surface area is 220 Å². The van der Waals surface area contributed by atoms with E-state index in [-0.39, 0.29) is 17.6 Å². The highest BCUT2D eigenvalue weighted by atomic mass is 35.5. The lowest BCUT2D eigenvalue weighted by atomic mass is 9.73. The van der Waals surface area contributed by atoms with Gasteiger partial charge in [-0.25, -0.2) is 9.97 Å². The molecular formula is C26H30ClN7OS. The first-order chi connectivity index (χ1) is 17.5. The molecule has 8 nitrogen and oxygen atoms in total. The van der Waals surface area contributed by atoms with Gasteiger partial charge in [-0.05, 0) is 54.7 Å². The lowest BCUT2D eigenvalue weighted by molar-refractivity contribution is 0.145. The van der Waals surface area contributed by atoms with Gasteiger partial charge in [0.15, 0.2) is 0 Å². The molecule has 2 saturated heterocycles. The first-order valence-electron chi connectivity index (χ1n) is 12.6. The zero-order chi connectivity index (χ0) is 24.7. The van der Waals surface area contributed by atoms with E-state index < -0.39 is 0 Å². The van der Waals surface area contributed by atoms with Crippen LogP contribution in [0, 0.1) is 5.41 Å². The summed E-state index contributed by atoms with van der Waals surface area (Å²) < 4.78 is 0. The Bertz CT molecular complexity index is 1230. The Morgan fingerprint density at radius 1 is 1.00 bits per heavy atom. The number of hydrogen-bond donors (Lipinski definition) is 2. The van der Waals surface area contributed by atoms with E-state index in [0.29, 0.717) is 16.0 Å². The zero-order valence-electron chi connectivity index (χ0n) is 20.1. The molecule has 3 N–H and O–H groups in total. The molecule has 1 aliphatic carbocycles. The molecule has 6 rings (SSSR count). The van der Waals surface area contributed by atoms with Crippen molar-refractivity contribution in [3.05, 3.63) is 58.9 Å². The van der Waals surface area contributed by atoms with Crippen LogP contribution in [0.25, 0.3) is 0 Å². The Morgan fingerprint density at radius 2 is 1.78 bits per heavy atom. The van der Waals surface area contributed by atoms with Gasteiger partial charge in [-0.1, -0.05) is 47.6 Å². The fourth-order valence-electron chi connectivity index (χ4n) is 5.81. The number of rotatable bonds is 4. The number of benzene rings is 1. The van der Waals surface area contributed by atoms with Crippen LogP contribution in [0.15, 0.2) is 52.6 Å². The molecule has 188 valence electrons. The topological polar surface area (TPSA) is 104 Å². The third-order valence-corrected chi connectivity index (χ3v) is 9.42. The van der Waals surface area contributed by atoms with Gasteiger partial charge < -0.3 is 20.6 Å². The summed E-state index contributed by atoms with van der Waals surface area (Å²) >= 11 is 8.15. The Morgan fingerprint density at radius 3 is 2.50 bits per heavy atom. The number of nitrogens with two attached hydrogens (primary N) is 1. The van der Waals surface area contributed by atoms with Gasteiger partial charge in [0.25, 0.3) is 0 Å². The molecule has 2 aromatic heterocycles. The summed E-state index contributed by atoms with van der Waals surface area (Å²) in [7, 11) is 0. The van der Waals surface area contributed by atoms with E-state index in [1.165, 1.54) is 22.9 Å². The number of halogens is 1. The SMILES string of the molecule is N[C@@H]1c2ccccc2CC12CCN(c1ncc(Sc3ccnc(N4CCC(O)CC4)c3Cl)nn1)CC2. The maximum atomic E-state index is 9.80. The van der Waals surface area contributed by atoms with Crippen LogP contribution in [0.4, 0.5) is 11.8 Å². The largest absolute Gasteiger partial charge is 0.393 e. The molecule has 1 atom stereocenters. The summed E-state index contributed by atoms with van der Waals surface area (Å²) in [6.45, 7) is 3.23. The second-order valence-corrected chi connectivity index (χ2v) is 11.5. The zero-order valence-corrected chi connectivity index (χ0v) is 21.6. The third kappa shape index (κ3) is 4.42. The van der Waals surface area contributed by atoms with Crippen LogP contribution in [0.1, 0.15) is 42.9 Å². The number of hydrogen-bond acceptors (Lipinski definition) is 9. The third-order valence-electron chi connectivity index (χ3n) is 7.98. The fraction of sp³-hybridized carbons (Fsp3) is 0.462. The highest BCUT2D eigenvalue weighted by Gasteiger charge is 2.46. The van der Waals surface area contributed by atoms with Gasteiger partial charge >= 0.3 is 0 Å². The van der Waals surface area contributed by atoms with Crippen molar-refractivity contribution in [2.45, 2.75) is 54.2 Å². The summed E-state index contributed by atoms with van der Waals surface area (Å²) in [6.07, 6.45) is 7.83. The lowest BCUT2D eigenvalue weighted by Crippen LogP contribution is -2.45. The number of piperidine rings is 2. The van der Waals surface area contributed by atoms with Crippen LogP contribution in [-0.2, 0) is 6.42 Å². The number of anilines is 2. The Balaban J connectivity index is 1.10. The molecule has 1 spiro atoms. The van der Waals surface area contributed by atoms with Gasteiger partial charge in [0.2, 0.25) is 5.95 Å². The first-order valence-corrected chi connectivity index (χ1v) is 13.8. The predicted octanol–water partition coefficient (Wildman–Crippen LogP) is 3.88. The van der Waals surface area contributed by atoms with E-state index in [9.17, 15) is 5.11 Å². The van der Waals surface area contributed by atoms with Crippen molar-refractivity contribution in [1.29, 1.82) is 0 Å². The van der Waals surface area contributed by atoms with Gasteiger partial charge in [0, 0.05) is 43.3 Å². The smallest absolute Gasteiger partial charge is 0.245 e. The standard InChI is InChI=1S/C26H30ClN7OS/c27-22-20(5-10-29-24(22)33-11-6-18(35)7-12-33)36-21-16-30-25(32-31-21)34-13-8-26(9-14-34)15-17-3-1-2-4-19(17)23(26)28/h1-5,10,16,18,23,35H,6-9,11-15,28H2/t23-/m1/s1. The number of aromatic nitrogens is 4. The van der Waals surface area contributed by atoms with Crippen LogP contribution in [0.3, 0.4) is 0 Å². The highest BCUT2D eigenvalue weighted by Crippen LogP contribution is 2.50. The lowest BCUT2D eigenvalue weighted by Gasteiger charge is -2.42. The van der Waals surface area contributed by atoms with Gasteiger partial charge in [0.05, 0.1) is 17.3 Å². The molecule has 4 heterocycles. The Hall–Kier alpha value is -2.46. The molecule has 36 heavy (non-hydrogen) atoms. The molecule has 1 aromatic carbocycles. The molecule has 0 bridgehead atoms. The van der Waals surface area contributed by atoms with Crippen LogP contribution in [0.5, 0.6) is 0 Å². The maximum absolute atomic E-state index is 9.80. The van der Waals surface area contributed by atoms with Crippen LogP contribution in [0.2, 0.25) is 5.02 Å². The fourth-order valence-corrected chi connectivity index (χ4v) is 6.88. The summed E-state index contributed by atoms with van der Waals surface area (Å²) in [6, 6.07) is 10.6. The van der Waals surface area contributed by atoms with Crippen LogP contribution >= 0.6 is 23.4 Å². The number of aliphatic hydroxyl groups is 1. The van der Waals surface area contributed by atoms with E-state index >= 15 is 0 Å². The summed E-state index contributed by atoms with van der Waals surface area (Å²) in [5.74, 6) is 1.41. The molecule has 3 aromatic rings. The minimum atomic E-state index is -0.242. The van der Waals surface area contributed by atoms with Crippen molar-refractivity contribution >= 4 is 35.1 Å². The van der Waals surface area contributed by atoms with Crippen molar-refractivity contribution in [2.24, 2.45) is 11.1 Å². The summed E-state index contributed by atoms with van der Waals surface area (Å²) in [4.78, 5) is 14.3. The maximum Gasteiger partial charge on any atom is 0.245 e. The average Bonchev–Trinajstić information content (AvgIpc) is 3.18. The van der Waals surface area contributed by atoms with Crippen molar-refractivity contribution in [3.8, 4) is 0 Å². The first kappa shape index (κ1) is 23.9.